The van der Waals surface area contributed by atoms with Crippen LogP contribution in [0.1, 0.15) is 13.8 Å². The van der Waals surface area contributed by atoms with Crippen molar-refractivity contribution in [2.24, 2.45) is 5.92 Å². The fraction of sp³-hybridized carbons (Fsp3) is 0.217. The lowest BCUT2D eigenvalue weighted by atomic mass is 10.1. The van der Waals surface area contributed by atoms with Crippen LogP contribution in [0.15, 0.2) is 91.0 Å². The first-order valence-corrected chi connectivity index (χ1v) is 10.8. The van der Waals surface area contributed by atoms with E-state index in [9.17, 15) is 5.11 Å². The summed E-state index contributed by atoms with van der Waals surface area (Å²) in [5, 5.41) is 14.4. The molecule has 1 N–H and O–H groups in total. The number of aliphatic hydroxyl groups is 1. The Morgan fingerprint density at radius 3 is 1.24 bits per heavy atom. The minimum absolute atomic E-state index is 0.217. The molecule has 0 aliphatic carbocycles. The lowest BCUT2D eigenvalue weighted by Crippen LogP contribution is -2.37. The van der Waals surface area contributed by atoms with Crippen molar-refractivity contribution in [1.29, 1.82) is 0 Å². The van der Waals surface area contributed by atoms with Gasteiger partial charge < -0.3 is 5.11 Å². The van der Waals surface area contributed by atoms with Gasteiger partial charge in [0.2, 0.25) is 0 Å². The minimum atomic E-state index is -1.82. The molecule has 2 atom stereocenters. The number of hydrogen-bond acceptors (Lipinski definition) is 1. The molecule has 25 heavy (non-hydrogen) atoms. The third-order valence-corrected chi connectivity index (χ3v) is 9.64. The van der Waals surface area contributed by atoms with Crippen molar-refractivity contribution in [3.8, 4) is 0 Å². The van der Waals surface area contributed by atoms with E-state index in [1.807, 2.05) is 6.92 Å². The van der Waals surface area contributed by atoms with E-state index in [-0.39, 0.29) is 12.0 Å². The average molecular weight is 349 g/mol. The van der Waals surface area contributed by atoms with Gasteiger partial charge >= 0.3 is 0 Å². The van der Waals surface area contributed by atoms with Crippen molar-refractivity contribution >= 4 is 23.2 Å². The van der Waals surface area contributed by atoms with Crippen LogP contribution >= 0.6 is 7.26 Å². The maximum Gasteiger partial charge on any atom is 0.112 e. The summed E-state index contributed by atoms with van der Waals surface area (Å²) in [6, 6.07) is 32.5. The Kier molecular flexibility index (Phi) is 5.68. The van der Waals surface area contributed by atoms with Crippen LogP contribution in [0.4, 0.5) is 0 Å². The van der Waals surface area contributed by atoms with Gasteiger partial charge in [0.25, 0.3) is 0 Å². The van der Waals surface area contributed by atoms with Crippen LogP contribution in [0.5, 0.6) is 0 Å². The van der Waals surface area contributed by atoms with Crippen LogP contribution in [0, 0.1) is 5.92 Å². The molecular formula is C23H26OP+. The fourth-order valence-electron chi connectivity index (χ4n) is 3.40. The smallest absolute Gasteiger partial charge is 0.112 e. The van der Waals surface area contributed by atoms with E-state index in [2.05, 4.69) is 97.9 Å². The molecule has 0 radical (unpaired) electrons. The van der Waals surface area contributed by atoms with Crippen molar-refractivity contribution in [1.82, 2.24) is 0 Å². The van der Waals surface area contributed by atoms with Crippen LogP contribution < -0.4 is 15.9 Å². The van der Waals surface area contributed by atoms with Gasteiger partial charge in [0.1, 0.15) is 23.2 Å². The Balaban J connectivity index is 2.27. The highest BCUT2D eigenvalue weighted by Crippen LogP contribution is 2.56. The van der Waals surface area contributed by atoms with E-state index in [0.29, 0.717) is 0 Å². The van der Waals surface area contributed by atoms with Crippen LogP contribution in [-0.4, -0.2) is 17.4 Å². The van der Waals surface area contributed by atoms with Gasteiger partial charge in [-0.1, -0.05) is 61.5 Å². The first-order chi connectivity index (χ1) is 12.1. The first kappa shape index (κ1) is 17.9. The van der Waals surface area contributed by atoms with Gasteiger partial charge in [0, 0.05) is 5.92 Å². The molecule has 2 heteroatoms. The molecule has 0 spiro atoms. The van der Waals surface area contributed by atoms with Crippen molar-refractivity contribution in [3.05, 3.63) is 91.0 Å². The van der Waals surface area contributed by atoms with Crippen LogP contribution in [-0.2, 0) is 0 Å². The molecule has 3 aromatic carbocycles. The molecule has 0 saturated carbocycles. The highest BCUT2D eigenvalue weighted by molar-refractivity contribution is 7.95. The van der Waals surface area contributed by atoms with E-state index in [4.69, 9.17) is 0 Å². The Morgan fingerprint density at radius 1 is 0.640 bits per heavy atom. The second-order valence-corrected chi connectivity index (χ2v) is 10.3. The molecule has 0 amide bonds. The van der Waals surface area contributed by atoms with Crippen molar-refractivity contribution in [3.63, 3.8) is 0 Å². The summed E-state index contributed by atoms with van der Waals surface area (Å²) in [7, 11) is -1.82. The van der Waals surface area contributed by atoms with Crippen molar-refractivity contribution < 1.29 is 5.11 Å². The minimum Gasteiger partial charge on any atom is -0.393 e. The molecule has 128 valence electrons. The molecule has 0 aliphatic rings. The predicted octanol–water partition coefficient (Wildman–Crippen LogP) is 4.00. The summed E-state index contributed by atoms with van der Waals surface area (Å²) in [6.45, 7) is 4.06. The van der Waals surface area contributed by atoms with E-state index in [1.54, 1.807) is 0 Å². The van der Waals surface area contributed by atoms with Gasteiger partial charge in [0.15, 0.2) is 0 Å². The van der Waals surface area contributed by atoms with E-state index in [1.165, 1.54) is 15.9 Å². The number of rotatable bonds is 6. The molecule has 0 fully saturated rings. The average Bonchev–Trinajstić information content (AvgIpc) is 2.68. The summed E-state index contributed by atoms with van der Waals surface area (Å²) in [6.07, 6.45) is 0.637. The predicted molar refractivity (Wildman–Crippen MR) is 111 cm³/mol. The zero-order valence-electron chi connectivity index (χ0n) is 14.9. The standard InChI is InChI=1S/C23H26OP/c1-19(20(2)24)18-25(21-12-6-3-7-13-21,22-14-8-4-9-15-22)23-16-10-5-11-17-23/h3-17,19-20,24H,18H2,1-2H3/q+1/t19-,20+/m1/s1. The fourth-order valence-corrected chi connectivity index (χ4v) is 8.13. The van der Waals surface area contributed by atoms with Gasteiger partial charge in [-0.2, -0.15) is 0 Å². The lowest BCUT2D eigenvalue weighted by Gasteiger charge is -2.30. The van der Waals surface area contributed by atoms with Crippen LogP contribution in [0.25, 0.3) is 0 Å². The van der Waals surface area contributed by atoms with Crippen LogP contribution in [0.2, 0.25) is 0 Å². The largest absolute Gasteiger partial charge is 0.393 e. The molecule has 0 heterocycles. The zero-order chi connectivity index (χ0) is 17.7. The molecular weight excluding hydrogens is 323 g/mol. The number of aliphatic hydroxyl groups excluding tert-OH is 1. The maximum absolute atomic E-state index is 10.2. The van der Waals surface area contributed by atoms with Gasteiger partial charge in [-0.3, -0.25) is 0 Å². The second-order valence-electron chi connectivity index (χ2n) is 6.72. The summed E-state index contributed by atoms with van der Waals surface area (Å²) in [5.74, 6) is 0.217. The SMILES string of the molecule is C[C@H](O)[C@H](C)C[P+](c1ccccc1)(c1ccccc1)c1ccccc1. The molecule has 0 aliphatic heterocycles. The monoisotopic (exact) mass is 349 g/mol. The quantitative estimate of drug-likeness (QED) is 0.667. The van der Waals surface area contributed by atoms with E-state index in [0.717, 1.165) is 6.16 Å². The molecule has 3 rings (SSSR count). The number of benzene rings is 3. The Bertz CT molecular complexity index is 672. The lowest BCUT2D eigenvalue weighted by molar-refractivity contribution is 0.146. The molecule has 0 unspecified atom stereocenters. The Morgan fingerprint density at radius 2 is 0.960 bits per heavy atom. The number of hydrogen-bond donors (Lipinski definition) is 1. The molecule has 0 aromatic heterocycles. The first-order valence-electron chi connectivity index (χ1n) is 8.87. The molecule has 0 bridgehead atoms. The Labute approximate surface area is 151 Å². The normalized spacial score (nSPS) is 14.0. The highest BCUT2D eigenvalue weighted by Gasteiger charge is 2.46. The topological polar surface area (TPSA) is 20.2 Å². The van der Waals surface area contributed by atoms with Gasteiger partial charge in [-0.05, 0) is 43.3 Å². The summed E-state index contributed by atoms with van der Waals surface area (Å²) in [5.41, 5.74) is 0. The van der Waals surface area contributed by atoms with Gasteiger partial charge in [0.05, 0.1) is 12.3 Å². The zero-order valence-corrected chi connectivity index (χ0v) is 15.8. The van der Waals surface area contributed by atoms with E-state index >= 15 is 0 Å². The van der Waals surface area contributed by atoms with E-state index < -0.39 is 7.26 Å². The highest BCUT2D eigenvalue weighted by atomic mass is 31.2. The van der Waals surface area contributed by atoms with Crippen molar-refractivity contribution in [2.45, 2.75) is 20.0 Å². The summed E-state index contributed by atoms with van der Waals surface area (Å²) in [4.78, 5) is 0. The molecule has 0 saturated heterocycles. The summed E-state index contributed by atoms with van der Waals surface area (Å²) >= 11 is 0. The third-order valence-electron chi connectivity index (χ3n) is 4.98. The summed E-state index contributed by atoms with van der Waals surface area (Å²) < 4.78 is 0. The third kappa shape index (κ3) is 3.68. The molecule has 3 aromatic rings. The maximum atomic E-state index is 10.2. The molecule has 1 nitrogen and oxygen atoms in total. The van der Waals surface area contributed by atoms with Gasteiger partial charge in [-0.15, -0.1) is 0 Å². The second kappa shape index (κ2) is 7.95. The Hall–Kier alpha value is -1.95. The van der Waals surface area contributed by atoms with Gasteiger partial charge in [-0.25, -0.2) is 0 Å². The van der Waals surface area contributed by atoms with Crippen molar-refractivity contribution in [2.75, 3.05) is 6.16 Å². The van der Waals surface area contributed by atoms with Crippen LogP contribution in [0.3, 0.4) is 0 Å².